The molecule has 0 bridgehead atoms. The van der Waals surface area contributed by atoms with Gasteiger partial charge in [0.05, 0.1) is 0 Å². The van der Waals surface area contributed by atoms with Crippen molar-refractivity contribution in [3.63, 3.8) is 0 Å². The van der Waals surface area contributed by atoms with Crippen molar-refractivity contribution in [1.29, 1.82) is 0 Å². The van der Waals surface area contributed by atoms with Crippen LogP contribution in [-0.2, 0) is 0 Å². The minimum Gasteiger partial charge on any atom is -0.289 e. The molecule has 96 valence electrons. The maximum atomic E-state index is 13.0. The molecule has 2 aromatic carbocycles. The van der Waals surface area contributed by atoms with Crippen LogP contribution in [0.15, 0.2) is 60.7 Å². The Bertz CT molecular complexity index is 612. The van der Waals surface area contributed by atoms with Gasteiger partial charge in [0.25, 0.3) is 0 Å². The molecular weight excluding hydrogens is 253 g/mol. The summed E-state index contributed by atoms with van der Waals surface area (Å²) in [7, 11) is 0. The van der Waals surface area contributed by atoms with Gasteiger partial charge in [-0.2, -0.15) is 8.78 Å². The second-order valence-electron chi connectivity index (χ2n) is 3.85. The number of ketones is 1. The molecule has 0 heterocycles. The molecule has 0 spiro atoms. The van der Waals surface area contributed by atoms with Crippen molar-refractivity contribution < 1.29 is 18.0 Å². The van der Waals surface area contributed by atoms with E-state index in [1.807, 2.05) is 0 Å². The zero-order valence-corrected chi connectivity index (χ0v) is 9.74. The molecule has 2 aromatic rings. The Hall–Kier alpha value is -2.36. The lowest BCUT2D eigenvalue weighted by atomic mass is 10.0. The topological polar surface area (TPSA) is 17.1 Å². The summed E-state index contributed by atoms with van der Waals surface area (Å²) >= 11 is 0. The smallest absolute Gasteiger partial charge is 0.289 e. The van der Waals surface area contributed by atoms with Crippen LogP contribution in [0.2, 0.25) is 0 Å². The first-order valence-corrected chi connectivity index (χ1v) is 5.50. The van der Waals surface area contributed by atoms with E-state index in [0.717, 1.165) is 12.1 Å². The van der Waals surface area contributed by atoms with Gasteiger partial charge in [0, 0.05) is 16.7 Å². The SMILES string of the molecule is O=C(c1ccccc1)c1ccc(C(F)=C(F)F)cc1. The minimum absolute atomic E-state index is 0.239. The molecule has 0 aliphatic rings. The Morgan fingerprint density at radius 3 is 1.68 bits per heavy atom. The van der Waals surface area contributed by atoms with Crippen molar-refractivity contribution in [2.75, 3.05) is 0 Å². The predicted octanol–water partition coefficient (Wildman–Crippen LogP) is 4.45. The molecule has 0 aromatic heterocycles. The van der Waals surface area contributed by atoms with Crippen LogP contribution in [0, 0.1) is 0 Å². The number of carbonyl (C=O) groups excluding carboxylic acids is 1. The molecule has 0 fully saturated rings. The minimum atomic E-state index is -2.37. The number of benzene rings is 2. The summed E-state index contributed by atoms with van der Waals surface area (Å²) in [5.74, 6) is -1.81. The van der Waals surface area contributed by atoms with E-state index >= 15 is 0 Å². The van der Waals surface area contributed by atoms with Crippen molar-refractivity contribution in [3.05, 3.63) is 77.4 Å². The summed E-state index contributed by atoms with van der Waals surface area (Å²) in [5.41, 5.74) is 0.564. The number of hydrogen-bond acceptors (Lipinski definition) is 1. The van der Waals surface area contributed by atoms with Crippen molar-refractivity contribution >= 4 is 11.6 Å². The van der Waals surface area contributed by atoms with Crippen LogP contribution in [0.1, 0.15) is 21.5 Å². The highest BCUT2D eigenvalue weighted by atomic mass is 19.3. The monoisotopic (exact) mass is 262 g/mol. The molecule has 0 atom stereocenters. The van der Waals surface area contributed by atoms with Gasteiger partial charge in [-0.3, -0.25) is 4.79 Å². The van der Waals surface area contributed by atoms with E-state index in [4.69, 9.17) is 0 Å². The van der Waals surface area contributed by atoms with E-state index in [0.29, 0.717) is 11.1 Å². The van der Waals surface area contributed by atoms with Gasteiger partial charge in [-0.15, -0.1) is 0 Å². The molecule has 0 saturated heterocycles. The van der Waals surface area contributed by atoms with Gasteiger partial charge in [-0.25, -0.2) is 4.39 Å². The van der Waals surface area contributed by atoms with Gasteiger partial charge < -0.3 is 0 Å². The molecule has 19 heavy (non-hydrogen) atoms. The fourth-order valence-electron chi connectivity index (χ4n) is 1.63. The van der Waals surface area contributed by atoms with Crippen LogP contribution in [0.5, 0.6) is 0 Å². The average molecular weight is 262 g/mol. The molecule has 2 rings (SSSR count). The fraction of sp³-hybridized carbons (Fsp3) is 0. The zero-order valence-electron chi connectivity index (χ0n) is 9.74. The van der Waals surface area contributed by atoms with Crippen LogP contribution in [0.4, 0.5) is 13.2 Å². The summed E-state index contributed by atoms with van der Waals surface area (Å²) in [6.07, 6.45) is -2.37. The van der Waals surface area contributed by atoms with Crippen LogP contribution in [0.25, 0.3) is 5.83 Å². The van der Waals surface area contributed by atoms with Gasteiger partial charge in [0.15, 0.2) is 11.6 Å². The summed E-state index contributed by atoms with van der Waals surface area (Å²) in [6, 6.07) is 13.5. The molecule has 0 aliphatic heterocycles. The van der Waals surface area contributed by atoms with Crippen LogP contribution >= 0.6 is 0 Å². The maximum absolute atomic E-state index is 13.0. The number of hydrogen-bond donors (Lipinski definition) is 0. The van der Waals surface area contributed by atoms with E-state index in [1.165, 1.54) is 12.1 Å². The molecule has 4 heteroatoms. The molecule has 0 aliphatic carbocycles. The molecule has 0 N–H and O–H groups in total. The molecule has 0 amide bonds. The van der Waals surface area contributed by atoms with Crippen molar-refractivity contribution in [1.82, 2.24) is 0 Å². The molecule has 0 saturated carbocycles. The van der Waals surface area contributed by atoms with Crippen LogP contribution < -0.4 is 0 Å². The first kappa shape index (κ1) is 13.1. The maximum Gasteiger partial charge on any atom is 0.306 e. The third-order valence-electron chi connectivity index (χ3n) is 2.60. The van der Waals surface area contributed by atoms with E-state index in [2.05, 4.69) is 0 Å². The van der Waals surface area contributed by atoms with Gasteiger partial charge in [0.1, 0.15) is 0 Å². The summed E-state index contributed by atoms with van der Waals surface area (Å²) in [4.78, 5) is 12.0. The van der Waals surface area contributed by atoms with Gasteiger partial charge >= 0.3 is 6.08 Å². The molecule has 1 nitrogen and oxygen atoms in total. The lowest BCUT2D eigenvalue weighted by molar-refractivity contribution is 0.103. The first-order chi connectivity index (χ1) is 9.09. The number of rotatable bonds is 3. The lowest BCUT2D eigenvalue weighted by Crippen LogP contribution is -2.00. The Morgan fingerprint density at radius 1 is 0.684 bits per heavy atom. The Morgan fingerprint density at radius 2 is 1.16 bits per heavy atom. The fourth-order valence-corrected chi connectivity index (χ4v) is 1.63. The Kier molecular flexibility index (Phi) is 3.80. The lowest BCUT2D eigenvalue weighted by Gasteiger charge is -2.02. The Labute approximate surface area is 108 Å². The standard InChI is InChI=1S/C15H9F3O/c16-13(15(17)18)10-6-8-12(9-7-10)14(19)11-4-2-1-3-5-11/h1-9H. The van der Waals surface area contributed by atoms with Gasteiger partial charge in [0.2, 0.25) is 0 Å². The third kappa shape index (κ3) is 2.91. The van der Waals surface area contributed by atoms with Crippen molar-refractivity contribution in [2.24, 2.45) is 0 Å². The van der Waals surface area contributed by atoms with E-state index in [9.17, 15) is 18.0 Å². The Balaban J connectivity index is 2.29. The predicted molar refractivity (Wildman–Crippen MR) is 66.6 cm³/mol. The summed E-state index contributed by atoms with van der Waals surface area (Å²) < 4.78 is 37.1. The molecule has 0 unspecified atom stereocenters. The van der Waals surface area contributed by atoms with Crippen LogP contribution in [0.3, 0.4) is 0 Å². The number of carbonyl (C=O) groups is 1. The highest BCUT2D eigenvalue weighted by Gasteiger charge is 2.11. The summed E-state index contributed by atoms with van der Waals surface area (Å²) in [6.45, 7) is 0. The van der Waals surface area contributed by atoms with Crippen molar-refractivity contribution in [3.8, 4) is 0 Å². The average Bonchev–Trinajstić information content (AvgIpc) is 2.46. The quantitative estimate of drug-likeness (QED) is 0.747. The molecule has 0 radical (unpaired) electrons. The van der Waals surface area contributed by atoms with E-state index < -0.39 is 11.9 Å². The number of halogens is 3. The van der Waals surface area contributed by atoms with Gasteiger partial charge in [-0.05, 0) is 0 Å². The molecular formula is C15H9F3O. The van der Waals surface area contributed by atoms with Crippen molar-refractivity contribution in [2.45, 2.75) is 0 Å². The van der Waals surface area contributed by atoms with E-state index in [-0.39, 0.29) is 11.3 Å². The van der Waals surface area contributed by atoms with Gasteiger partial charge in [-0.1, -0.05) is 54.6 Å². The van der Waals surface area contributed by atoms with Crippen LogP contribution in [-0.4, -0.2) is 5.78 Å². The third-order valence-corrected chi connectivity index (χ3v) is 2.60. The first-order valence-electron chi connectivity index (χ1n) is 5.50. The highest BCUT2D eigenvalue weighted by Crippen LogP contribution is 2.22. The van der Waals surface area contributed by atoms with E-state index in [1.54, 1.807) is 30.3 Å². The summed E-state index contributed by atoms with van der Waals surface area (Å²) in [5, 5.41) is 0. The normalized spacial score (nSPS) is 10.1. The second kappa shape index (κ2) is 5.52. The highest BCUT2D eigenvalue weighted by molar-refractivity contribution is 6.09. The largest absolute Gasteiger partial charge is 0.306 e. The second-order valence-corrected chi connectivity index (χ2v) is 3.85. The zero-order chi connectivity index (χ0) is 13.8.